The van der Waals surface area contributed by atoms with E-state index in [4.69, 9.17) is 0 Å². The van der Waals surface area contributed by atoms with Crippen molar-refractivity contribution in [2.75, 3.05) is 11.9 Å². The fraction of sp³-hybridized carbons (Fsp3) is 0.250. The van der Waals surface area contributed by atoms with E-state index in [-0.39, 0.29) is 24.2 Å². The molecule has 0 saturated carbocycles. The average molecular weight is 400 g/mol. The number of aromatic nitrogens is 2. The molecule has 6 nitrogen and oxygen atoms in total. The number of likely N-dealkylation sites (tertiary alicyclic amines) is 1. The van der Waals surface area contributed by atoms with E-state index in [9.17, 15) is 9.59 Å². The highest BCUT2D eigenvalue weighted by Crippen LogP contribution is 2.22. The monoisotopic (exact) mass is 400 g/mol. The zero-order valence-corrected chi connectivity index (χ0v) is 16.7. The summed E-state index contributed by atoms with van der Waals surface area (Å²) in [5.41, 5.74) is 4.18. The molecule has 3 aromatic rings. The Morgan fingerprint density at radius 2 is 1.60 bits per heavy atom. The Balaban J connectivity index is 1.33. The molecule has 1 fully saturated rings. The van der Waals surface area contributed by atoms with E-state index < -0.39 is 0 Å². The van der Waals surface area contributed by atoms with Crippen LogP contribution in [-0.4, -0.2) is 33.2 Å². The van der Waals surface area contributed by atoms with Crippen molar-refractivity contribution < 1.29 is 9.59 Å². The molecule has 1 atom stereocenters. The molecule has 30 heavy (non-hydrogen) atoms. The third-order valence-corrected chi connectivity index (χ3v) is 5.35. The van der Waals surface area contributed by atoms with Gasteiger partial charge in [-0.15, -0.1) is 0 Å². The lowest BCUT2D eigenvalue weighted by Crippen LogP contribution is -2.28. The number of carbonyl (C=O) groups excluding carboxylic acids is 2. The van der Waals surface area contributed by atoms with E-state index in [2.05, 4.69) is 21.4 Å². The fourth-order valence-corrected chi connectivity index (χ4v) is 3.70. The molecule has 2 amide bonds. The third-order valence-electron chi connectivity index (χ3n) is 5.35. The molecule has 0 bridgehead atoms. The van der Waals surface area contributed by atoms with Gasteiger partial charge in [0.25, 0.3) is 0 Å². The van der Waals surface area contributed by atoms with E-state index >= 15 is 0 Å². The van der Waals surface area contributed by atoms with Crippen LogP contribution in [0.25, 0.3) is 0 Å². The Morgan fingerprint density at radius 1 is 0.933 bits per heavy atom. The number of pyridine rings is 2. The molecule has 1 N–H and O–H groups in total. The van der Waals surface area contributed by atoms with Gasteiger partial charge in [0.05, 0.1) is 5.92 Å². The minimum Gasteiger partial charge on any atom is -0.338 e. The summed E-state index contributed by atoms with van der Waals surface area (Å²) in [6, 6.07) is 15.7. The molecule has 1 aromatic carbocycles. The first kappa shape index (κ1) is 19.8. The van der Waals surface area contributed by atoms with Gasteiger partial charge >= 0.3 is 0 Å². The van der Waals surface area contributed by atoms with Crippen molar-refractivity contribution in [3.63, 3.8) is 0 Å². The molecule has 0 aliphatic carbocycles. The van der Waals surface area contributed by atoms with Gasteiger partial charge in [-0.1, -0.05) is 12.1 Å². The molecule has 1 unspecified atom stereocenters. The van der Waals surface area contributed by atoms with Gasteiger partial charge in [-0.2, -0.15) is 0 Å². The van der Waals surface area contributed by atoms with Crippen molar-refractivity contribution in [3.05, 3.63) is 90.0 Å². The van der Waals surface area contributed by atoms with Crippen LogP contribution < -0.4 is 5.32 Å². The van der Waals surface area contributed by atoms with Crippen molar-refractivity contribution in [1.82, 2.24) is 14.9 Å². The smallest absolute Gasteiger partial charge is 0.229 e. The van der Waals surface area contributed by atoms with Gasteiger partial charge in [0.1, 0.15) is 0 Å². The van der Waals surface area contributed by atoms with Crippen molar-refractivity contribution in [2.45, 2.75) is 25.8 Å². The predicted molar refractivity (Wildman–Crippen MR) is 114 cm³/mol. The number of carbonyl (C=O) groups is 2. The largest absolute Gasteiger partial charge is 0.338 e. The molecular formula is C24H24N4O2. The number of nitrogens with zero attached hydrogens (tertiary/aromatic N) is 3. The number of hydrogen-bond acceptors (Lipinski definition) is 4. The first-order chi connectivity index (χ1) is 14.7. The van der Waals surface area contributed by atoms with E-state index in [1.807, 2.05) is 42.5 Å². The van der Waals surface area contributed by atoms with Crippen LogP contribution in [0.15, 0.2) is 73.3 Å². The molecule has 1 saturated heterocycles. The van der Waals surface area contributed by atoms with Crippen LogP contribution in [0.3, 0.4) is 0 Å². The maximum Gasteiger partial charge on any atom is 0.229 e. The number of hydrogen-bond donors (Lipinski definition) is 1. The van der Waals surface area contributed by atoms with Gasteiger partial charge in [0.2, 0.25) is 11.8 Å². The van der Waals surface area contributed by atoms with Crippen LogP contribution in [0.5, 0.6) is 0 Å². The van der Waals surface area contributed by atoms with Crippen LogP contribution in [0.2, 0.25) is 0 Å². The maximum atomic E-state index is 12.7. The van der Waals surface area contributed by atoms with E-state index in [0.29, 0.717) is 13.1 Å². The average Bonchev–Trinajstić information content (AvgIpc) is 3.14. The van der Waals surface area contributed by atoms with Gasteiger partial charge in [-0.05, 0) is 65.9 Å². The minimum atomic E-state index is -0.334. The van der Waals surface area contributed by atoms with Gasteiger partial charge in [0, 0.05) is 50.0 Å². The number of aryl methyl sites for hydroxylation is 2. The van der Waals surface area contributed by atoms with E-state index in [1.165, 1.54) is 5.56 Å². The summed E-state index contributed by atoms with van der Waals surface area (Å²) >= 11 is 0. The van der Waals surface area contributed by atoms with Gasteiger partial charge in [0.15, 0.2) is 0 Å². The second-order valence-corrected chi connectivity index (χ2v) is 7.58. The van der Waals surface area contributed by atoms with E-state index in [0.717, 1.165) is 29.7 Å². The molecule has 3 heterocycles. The first-order valence-corrected chi connectivity index (χ1v) is 10.1. The van der Waals surface area contributed by atoms with Crippen LogP contribution in [0.1, 0.15) is 23.1 Å². The standard InChI is InChI=1S/C24H24N4O2/c29-23-15-21(17-28(23)16-20-8-12-26-13-9-20)24(30)27-22-3-1-2-19(14-22)5-4-18-6-10-25-11-7-18/h1-3,6-14,21H,4-5,15-17H2,(H,27,30). The Morgan fingerprint density at radius 3 is 2.33 bits per heavy atom. The normalized spacial score (nSPS) is 15.9. The second kappa shape index (κ2) is 9.31. The summed E-state index contributed by atoms with van der Waals surface area (Å²) < 4.78 is 0. The van der Waals surface area contributed by atoms with Crippen LogP contribution in [-0.2, 0) is 29.0 Å². The van der Waals surface area contributed by atoms with Gasteiger partial charge in [-0.25, -0.2) is 0 Å². The van der Waals surface area contributed by atoms with Gasteiger partial charge in [-0.3, -0.25) is 19.6 Å². The summed E-state index contributed by atoms with van der Waals surface area (Å²) in [4.78, 5) is 34.9. The molecule has 2 aromatic heterocycles. The lowest BCUT2D eigenvalue weighted by molar-refractivity contribution is -0.128. The Bertz CT molecular complexity index is 1010. The van der Waals surface area contributed by atoms with Gasteiger partial charge < -0.3 is 10.2 Å². The Hall–Kier alpha value is -3.54. The van der Waals surface area contributed by atoms with Crippen LogP contribution >= 0.6 is 0 Å². The van der Waals surface area contributed by atoms with Crippen molar-refractivity contribution in [2.24, 2.45) is 5.92 Å². The van der Waals surface area contributed by atoms with Crippen molar-refractivity contribution in [1.29, 1.82) is 0 Å². The van der Waals surface area contributed by atoms with Crippen molar-refractivity contribution >= 4 is 17.5 Å². The zero-order chi connectivity index (χ0) is 20.8. The number of rotatable bonds is 7. The summed E-state index contributed by atoms with van der Waals surface area (Å²) in [6.45, 7) is 0.949. The second-order valence-electron chi connectivity index (χ2n) is 7.58. The minimum absolute atomic E-state index is 0.0121. The summed E-state index contributed by atoms with van der Waals surface area (Å²) in [5, 5.41) is 2.99. The summed E-state index contributed by atoms with van der Waals surface area (Å²) in [7, 11) is 0. The zero-order valence-electron chi connectivity index (χ0n) is 16.7. The maximum absolute atomic E-state index is 12.7. The quantitative estimate of drug-likeness (QED) is 0.661. The number of nitrogens with one attached hydrogen (secondary N) is 1. The van der Waals surface area contributed by atoms with Crippen LogP contribution in [0.4, 0.5) is 5.69 Å². The molecule has 1 aliphatic heterocycles. The highest BCUT2D eigenvalue weighted by molar-refractivity contribution is 5.97. The van der Waals surface area contributed by atoms with Crippen LogP contribution in [0, 0.1) is 5.92 Å². The fourth-order valence-electron chi connectivity index (χ4n) is 3.70. The molecule has 0 radical (unpaired) electrons. The molecule has 152 valence electrons. The molecule has 1 aliphatic rings. The molecular weight excluding hydrogens is 376 g/mol. The SMILES string of the molecule is O=C(Nc1cccc(CCc2ccncc2)c1)C1CC(=O)N(Cc2ccncc2)C1. The third kappa shape index (κ3) is 5.08. The molecule has 0 spiro atoms. The summed E-state index contributed by atoms with van der Waals surface area (Å²) in [5.74, 6) is -0.426. The lowest BCUT2D eigenvalue weighted by Gasteiger charge is -2.16. The number of anilines is 1. The molecule has 6 heteroatoms. The number of amides is 2. The first-order valence-electron chi connectivity index (χ1n) is 10.1. The lowest BCUT2D eigenvalue weighted by atomic mass is 10.0. The topological polar surface area (TPSA) is 75.2 Å². The highest BCUT2D eigenvalue weighted by atomic mass is 16.2. The van der Waals surface area contributed by atoms with E-state index in [1.54, 1.807) is 29.7 Å². The Kier molecular flexibility index (Phi) is 6.13. The van der Waals surface area contributed by atoms with Crippen molar-refractivity contribution in [3.8, 4) is 0 Å². The summed E-state index contributed by atoms with van der Waals surface area (Å²) in [6.07, 6.45) is 9.07. The predicted octanol–water partition coefficient (Wildman–Crippen LogP) is 3.25. The Labute approximate surface area is 176 Å². The molecule has 4 rings (SSSR count). The highest BCUT2D eigenvalue weighted by Gasteiger charge is 2.34. The number of benzene rings is 1.